The van der Waals surface area contributed by atoms with Crippen LogP contribution < -0.4 is 5.73 Å². The molecule has 0 bridgehead atoms. The van der Waals surface area contributed by atoms with E-state index in [0.717, 1.165) is 4.90 Å². The molecule has 1 aromatic heterocycles. The van der Waals surface area contributed by atoms with Crippen molar-refractivity contribution in [2.24, 2.45) is 0 Å². The van der Waals surface area contributed by atoms with Crippen LogP contribution in [0.5, 0.6) is 0 Å². The normalized spacial score (nSPS) is 10.9. The van der Waals surface area contributed by atoms with Gasteiger partial charge in [-0.3, -0.25) is 0 Å². The maximum Gasteiger partial charge on any atom is 0.358 e. The molecule has 23 heavy (non-hydrogen) atoms. The first-order valence-electron chi connectivity index (χ1n) is 6.85. The summed E-state index contributed by atoms with van der Waals surface area (Å²) >= 11 is 7.57. The van der Waals surface area contributed by atoms with Crippen molar-refractivity contribution in [3.05, 3.63) is 40.8 Å². The van der Waals surface area contributed by atoms with Gasteiger partial charge in [0.25, 0.3) is 0 Å². The molecule has 7 heteroatoms. The standard InChI is InChI=1S/C16H16ClFN2O2S/c1-8(2)23-10-6-4-9(5-7-10)14-12(18)13(19)11(17)15(20-14)16(21)22-3/h4-8H,1-3H3,(H2,19,20). The monoisotopic (exact) mass is 354 g/mol. The van der Waals surface area contributed by atoms with Crippen molar-refractivity contribution in [2.45, 2.75) is 24.0 Å². The predicted molar refractivity (Wildman–Crippen MR) is 91.4 cm³/mol. The van der Waals surface area contributed by atoms with Gasteiger partial charge in [-0.05, 0) is 12.1 Å². The molecule has 1 aromatic carbocycles. The number of nitrogens with zero attached hydrogens (tertiary/aromatic N) is 1. The van der Waals surface area contributed by atoms with Gasteiger partial charge in [0.05, 0.1) is 17.8 Å². The number of aromatic nitrogens is 1. The number of pyridine rings is 1. The average molecular weight is 355 g/mol. The highest BCUT2D eigenvalue weighted by Gasteiger charge is 2.22. The van der Waals surface area contributed by atoms with E-state index < -0.39 is 11.8 Å². The van der Waals surface area contributed by atoms with Gasteiger partial charge in [-0.1, -0.05) is 37.6 Å². The smallest absolute Gasteiger partial charge is 0.358 e. The van der Waals surface area contributed by atoms with Crippen LogP contribution in [0, 0.1) is 5.82 Å². The molecular formula is C16H16ClFN2O2S. The molecule has 0 aliphatic heterocycles. The van der Waals surface area contributed by atoms with Gasteiger partial charge in [-0.25, -0.2) is 14.2 Å². The van der Waals surface area contributed by atoms with Crippen LogP contribution in [0.2, 0.25) is 5.02 Å². The van der Waals surface area contributed by atoms with E-state index in [1.54, 1.807) is 23.9 Å². The minimum atomic E-state index is -0.769. The molecule has 2 rings (SSSR count). The predicted octanol–water partition coefficient (Wildman–Crippen LogP) is 4.41. The maximum absolute atomic E-state index is 14.4. The molecule has 2 N–H and O–H groups in total. The molecule has 2 aromatic rings. The van der Waals surface area contributed by atoms with Crippen molar-refractivity contribution in [1.82, 2.24) is 4.98 Å². The number of hydrogen-bond donors (Lipinski definition) is 1. The second-order valence-corrected chi connectivity index (χ2v) is 7.06. The Morgan fingerprint density at radius 2 is 1.96 bits per heavy atom. The number of methoxy groups -OCH3 is 1. The second-order valence-electron chi connectivity index (χ2n) is 5.03. The molecule has 0 aliphatic carbocycles. The number of nitrogen functional groups attached to an aromatic ring is 1. The lowest BCUT2D eigenvalue weighted by Gasteiger charge is -2.11. The Hall–Kier alpha value is -1.79. The number of rotatable bonds is 4. The number of nitrogens with two attached hydrogens (primary N) is 1. The van der Waals surface area contributed by atoms with E-state index in [1.165, 1.54) is 7.11 Å². The van der Waals surface area contributed by atoms with Gasteiger partial charge < -0.3 is 10.5 Å². The van der Waals surface area contributed by atoms with Gasteiger partial charge in [-0.2, -0.15) is 0 Å². The highest BCUT2D eigenvalue weighted by molar-refractivity contribution is 7.99. The SMILES string of the molecule is COC(=O)c1nc(-c2ccc(SC(C)C)cc2)c(F)c(N)c1Cl. The molecule has 0 radical (unpaired) electrons. The van der Waals surface area contributed by atoms with Gasteiger partial charge in [0.15, 0.2) is 11.5 Å². The Bertz CT molecular complexity index is 736. The largest absolute Gasteiger partial charge is 0.464 e. The summed E-state index contributed by atoms with van der Waals surface area (Å²) in [6, 6.07) is 7.18. The van der Waals surface area contributed by atoms with Crippen LogP contribution in [0.15, 0.2) is 29.2 Å². The van der Waals surface area contributed by atoms with Crippen molar-refractivity contribution < 1.29 is 13.9 Å². The van der Waals surface area contributed by atoms with E-state index in [4.69, 9.17) is 17.3 Å². The van der Waals surface area contributed by atoms with Crippen LogP contribution in [0.1, 0.15) is 24.3 Å². The van der Waals surface area contributed by atoms with E-state index in [0.29, 0.717) is 10.8 Å². The molecule has 0 atom stereocenters. The zero-order valence-electron chi connectivity index (χ0n) is 12.9. The summed E-state index contributed by atoms with van der Waals surface area (Å²) < 4.78 is 19.0. The third-order valence-electron chi connectivity index (χ3n) is 2.99. The number of thioether (sulfide) groups is 1. The van der Waals surface area contributed by atoms with Crippen LogP contribution in [0.25, 0.3) is 11.3 Å². The topological polar surface area (TPSA) is 65.2 Å². The van der Waals surface area contributed by atoms with E-state index in [-0.39, 0.29) is 22.1 Å². The Labute approximate surface area is 143 Å². The Morgan fingerprint density at radius 3 is 2.48 bits per heavy atom. The van der Waals surface area contributed by atoms with E-state index in [9.17, 15) is 9.18 Å². The maximum atomic E-state index is 14.4. The summed E-state index contributed by atoms with van der Waals surface area (Å²) in [5.41, 5.74) is 5.59. The molecule has 0 spiro atoms. The molecule has 0 amide bonds. The fourth-order valence-electron chi connectivity index (χ4n) is 1.95. The molecule has 1 heterocycles. The lowest BCUT2D eigenvalue weighted by molar-refractivity contribution is 0.0594. The molecule has 0 unspecified atom stereocenters. The zero-order valence-corrected chi connectivity index (χ0v) is 14.5. The third-order valence-corrected chi connectivity index (χ3v) is 4.39. The molecule has 4 nitrogen and oxygen atoms in total. The molecule has 0 aliphatic rings. The first kappa shape index (κ1) is 17.6. The molecule has 0 saturated heterocycles. The van der Waals surface area contributed by atoms with Gasteiger partial charge in [0.1, 0.15) is 5.69 Å². The average Bonchev–Trinajstić information content (AvgIpc) is 2.53. The number of carbonyl (C=O) groups is 1. The number of hydrogen-bond acceptors (Lipinski definition) is 5. The van der Waals surface area contributed by atoms with Crippen molar-refractivity contribution in [3.63, 3.8) is 0 Å². The van der Waals surface area contributed by atoms with E-state index in [1.807, 2.05) is 12.1 Å². The summed E-state index contributed by atoms with van der Waals surface area (Å²) in [6.07, 6.45) is 0. The minimum Gasteiger partial charge on any atom is -0.464 e. The van der Waals surface area contributed by atoms with Crippen molar-refractivity contribution in [3.8, 4) is 11.3 Å². The van der Waals surface area contributed by atoms with Gasteiger partial charge in [0.2, 0.25) is 0 Å². The van der Waals surface area contributed by atoms with Gasteiger partial charge in [-0.15, -0.1) is 11.8 Å². The van der Waals surface area contributed by atoms with Crippen LogP contribution in [0.4, 0.5) is 10.1 Å². The quantitative estimate of drug-likeness (QED) is 0.650. The van der Waals surface area contributed by atoms with Crippen LogP contribution >= 0.6 is 23.4 Å². The number of esters is 1. The minimum absolute atomic E-state index is 0.0339. The molecule has 122 valence electrons. The first-order chi connectivity index (χ1) is 10.8. The lowest BCUT2D eigenvalue weighted by Crippen LogP contribution is -2.10. The fraction of sp³-hybridized carbons (Fsp3) is 0.250. The van der Waals surface area contributed by atoms with E-state index >= 15 is 0 Å². The number of carbonyl (C=O) groups excluding carboxylic acids is 1. The zero-order chi connectivity index (χ0) is 17.1. The van der Waals surface area contributed by atoms with Gasteiger partial charge in [0, 0.05) is 15.7 Å². The second kappa shape index (κ2) is 7.19. The van der Waals surface area contributed by atoms with Crippen molar-refractivity contribution >= 4 is 35.0 Å². The highest BCUT2D eigenvalue weighted by atomic mass is 35.5. The van der Waals surface area contributed by atoms with Crippen molar-refractivity contribution in [1.29, 1.82) is 0 Å². The number of benzene rings is 1. The van der Waals surface area contributed by atoms with E-state index in [2.05, 4.69) is 23.6 Å². The number of halogens is 2. The lowest BCUT2D eigenvalue weighted by atomic mass is 10.1. The van der Waals surface area contributed by atoms with Gasteiger partial charge >= 0.3 is 5.97 Å². The summed E-state index contributed by atoms with van der Waals surface area (Å²) in [5.74, 6) is -1.53. The Morgan fingerprint density at radius 1 is 1.35 bits per heavy atom. The Balaban J connectivity index is 2.50. The summed E-state index contributed by atoms with van der Waals surface area (Å²) in [4.78, 5) is 16.8. The number of anilines is 1. The van der Waals surface area contributed by atoms with Crippen LogP contribution in [-0.4, -0.2) is 23.3 Å². The fourth-order valence-corrected chi connectivity index (χ4v) is 2.99. The molecule has 0 fully saturated rings. The van der Waals surface area contributed by atoms with Crippen LogP contribution in [-0.2, 0) is 4.74 Å². The van der Waals surface area contributed by atoms with Crippen molar-refractivity contribution in [2.75, 3.05) is 12.8 Å². The highest BCUT2D eigenvalue weighted by Crippen LogP contribution is 2.33. The summed E-state index contributed by atoms with van der Waals surface area (Å²) in [6.45, 7) is 4.17. The summed E-state index contributed by atoms with van der Waals surface area (Å²) in [5, 5.41) is 0.192. The van der Waals surface area contributed by atoms with Crippen LogP contribution in [0.3, 0.4) is 0 Å². The third kappa shape index (κ3) is 3.76. The molecular weight excluding hydrogens is 339 g/mol. The Kier molecular flexibility index (Phi) is 5.49. The summed E-state index contributed by atoms with van der Waals surface area (Å²) in [7, 11) is 1.19. The first-order valence-corrected chi connectivity index (χ1v) is 8.10. The molecule has 0 saturated carbocycles. The number of ether oxygens (including phenoxy) is 1.